The number of benzene rings is 2. The van der Waals surface area contributed by atoms with Crippen LogP contribution in [0.4, 0.5) is 0 Å². The number of hydrogen-bond donors (Lipinski definition) is 0. The Bertz CT molecular complexity index is 1270. The van der Waals surface area contributed by atoms with Crippen LogP contribution in [-0.2, 0) is 19.5 Å². The van der Waals surface area contributed by atoms with E-state index >= 15 is 0 Å². The molecule has 2 heterocycles. The van der Waals surface area contributed by atoms with Gasteiger partial charge in [-0.3, -0.25) is 13.9 Å². The van der Waals surface area contributed by atoms with Crippen LogP contribution in [0.2, 0.25) is 0 Å². The number of nitrogens with zero attached hydrogens (tertiary/aromatic N) is 4. The van der Waals surface area contributed by atoms with Crippen molar-refractivity contribution in [2.75, 3.05) is 0 Å². The first kappa shape index (κ1) is 18.9. The lowest BCUT2D eigenvalue weighted by molar-refractivity contribution is 0.369. The molecule has 0 radical (unpaired) electrons. The molecule has 0 atom stereocenters. The van der Waals surface area contributed by atoms with E-state index in [1.807, 2.05) is 31.2 Å². The zero-order valence-electron chi connectivity index (χ0n) is 16.5. The normalized spacial score (nSPS) is 11.2. The van der Waals surface area contributed by atoms with Crippen LogP contribution in [0.3, 0.4) is 0 Å². The Balaban J connectivity index is 1.76. The average Bonchev–Trinajstić information content (AvgIpc) is 3.23. The summed E-state index contributed by atoms with van der Waals surface area (Å²) in [6.07, 6.45) is 1.65. The molecule has 7 nitrogen and oxygen atoms in total. The third-order valence-corrected chi connectivity index (χ3v) is 4.96. The van der Waals surface area contributed by atoms with Crippen LogP contribution in [0.1, 0.15) is 31.7 Å². The molecule has 0 saturated carbocycles. The molecule has 0 saturated heterocycles. The molecule has 0 spiro atoms. The quantitative estimate of drug-likeness (QED) is 0.505. The highest BCUT2D eigenvalue weighted by Crippen LogP contribution is 2.18. The van der Waals surface area contributed by atoms with Gasteiger partial charge >= 0.3 is 5.69 Å². The molecular formula is C22H22N4O3. The molecule has 0 N–H and O–H groups in total. The van der Waals surface area contributed by atoms with E-state index in [-0.39, 0.29) is 17.8 Å². The van der Waals surface area contributed by atoms with Gasteiger partial charge in [0.1, 0.15) is 6.54 Å². The van der Waals surface area contributed by atoms with Crippen molar-refractivity contribution in [1.29, 1.82) is 0 Å². The lowest BCUT2D eigenvalue weighted by Crippen LogP contribution is -2.40. The molecule has 4 aromatic rings. The van der Waals surface area contributed by atoms with E-state index < -0.39 is 0 Å². The highest BCUT2D eigenvalue weighted by atomic mass is 16.5. The fourth-order valence-electron chi connectivity index (χ4n) is 3.41. The zero-order valence-corrected chi connectivity index (χ0v) is 16.5. The molecule has 0 amide bonds. The Morgan fingerprint density at radius 2 is 1.72 bits per heavy atom. The fraction of sp³-hybridized carbons (Fsp3) is 0.273. The van der Waals surface area contributed by atoms with Crippen LogP contribution in [0.15, 0.2) is 62.6 Å². The van der Waals surface area contributed by atoms with Crippen molar-refractivity contribution in [3.8, 4) is 11.4 Å². The van der Waals surface area contributed by atoms with E-state index in [1.54, 1.807) is 24.3 Å². The van der Waals surface area contributed by atoms with Crippen LogP contribution < -0.4 is 11.2 Å². The van der Waals surface area contributed by atoms with Crippen LogP contribution in [-0.4, -0.2) is 19.3 Å². The van der Waals surface area contributed by atoms with Crippen molar-refractivity contribution >= 4 is 10.9 Å². The van der Waals surface area contributed by atoms with Crippen molar-refractivity contribution in [1.82, 2.24) is 19.3 Å². The first-order chi connectivity index (χ1) is 14.1. The van der Waals surface area contributed by atoms with Crippen molar-refractivity contribution in [3.63, 3.8) is 0 Å². The third-order valence-electron chi connectivity index (χ3n) is 4.96. The summed E-state index contributed by atoms with van der Waals surface area (Å²) in [7, 11) is 0. The second-order valence-electron chi connectivity index (χ2n) is 6.90. The molecule has 0 fully saturated rings. The summed E-state index contributed by atoms with van der Waals surface area (Å²) in [5.41, 5.74) is 1.99. The van der Waals surface area contributed by atoms with Crippen LogP contribution in [0.25, 0.3) is 22.3 Å². The van der Waals surface area contributed by atoms with Gasteiger partial charge < -0.3 is 4.52 Å². The minimum absolute atomic E-state index is 0.101. The molecule has 0 unspecified atom stereocenters. The number of aryl methyl sites for hydroxylation is 1. The van der Waals surface area contributed by atoms with Crippen LogP contribution >= 0.6 is 0 Å². The molecule has 4 rings (SSSR count). The predicted molar refractivity (Wildman–Crippen MR) is 111 cm³/mol. The average molecular weight is 390 g/mol. The molecule has 0 bridgehead atoms. The summed E-state index contributed by atoms with van der Waals surface area (Å²) in [6.45, 7) is 4.49. The number of fused-ring (bicyclic) bond motifs is 1. The Morgan fingerprint density at radius 1 is 0.966 bits per heavy atom. The Hall–Kier alpha value is -3.48. The SMILES string of the molecule is CCCn1c(=O)c2ccccc2n(Cc2nc(-c3ccc(CC)cc3)no2)c1=O. The lowest BCUT2D eigenvalue weighted by atomic mass is 10.1. The van der Waals surface area contributed by atoms with Crippen molar-refractivity contribution in [2.45, 2.75) is 39.8 Å². The maximum Gasteiger partial charge on any atom is 0.331 e. The first-order valence-electron chi connectivity index (χ1n) is 9.76. The van der Waals surface area contributed by atoms with Crippen LogP contribution in [0.5, 0.6) is 0 Å². The van der Waals surface area contributed by atoms with E-state index in [2.05, 4.69) is 17.1 Å². The Morgan fingerprint density at radius 3 is 2.45 bits per heavy atom. The minimum Gasteiger partial charge on any atom is -0.337 e. The molecule has 0 aliphatic rings. The second-order valence-corrected chi connectivity index (χ2v) is 6.90. The number of hydrogen-bond acceptors (Lipinski definition) is 5. The number of aromatic nitrogens is 4. The Kier molecular flexibility index (Phi) is 5.12. The molecule has 29 heavy (non-hydrogen) atoms. The van der Waals surface area contributed by atoms with Gasteiger partial charge in [0, 0.05) is 12.1 Å². The smallest absolute Gasteiger partial charge is 0.331 e. The summed E-state index contributed by atoms with van der Waals surface area (Å²) in [4.78, 5) is 30.1. The van der Waals surface area contributed by atoms with Crippen molar-refractivity contribution < 1.29 is 4.52 Å². The van der Waals surface area contributed by atoms with E-state index in [4.69, 9.17) is 4.52 Å². The molecule has 2 aromatic heterocycles. The summed E-state index contributed by atoms with van der Waals surface area (Å²) < 4.78 is 8.19. The van der Waals surface area contributed by atoms with E-state index in [9.17, 15) is 9.59 Å². The fourth-order valence-corrected chi connectivity index (χ4v) is 3.41. The van der Waals surface area contributed by atoms with Gasteiger partial charge in [0.25, 0.3) is 5.56 Å². The largest absolute Gasteiger partial charge is 0.337 e. The predicted octanol–water partition coefficient (Wildman–Crippen LogP) is 3.23. The van der Waals surface area contributed by atoms with Gasteiger partial charge in [-0.05, 0) is 30.5 Å². The standard InChI is InChI=1S/C22H22N4O3/c1-3-13-25-21(27)17-7-5-6-8-18(17)26(22(25)28)14-19-23-20(24-29-19)16-11-9-15(4-2)10-12-16/h5-12H,3-4,13-14H2,1-2H3. The molecule has 148 valence electrons. The molecule has 7 heteroatoms. The van der Waals surface area contributed by atoms with Crippen molar-refractivity contribution in [3.05, 3.63) is 80.8 Å². The monoisotopic (exact) mass is 390 g/mol. The summed E-state index contributed by atoms with van der Waals surface area (Å²) in [5.74, 6) is 0.787. The van der Waals surface area contributed by atoms with E-state index in [0.717, 1.165) is 12.0 Å². The van der Waals surface area contributed by atoms with E-state index in [0.29, 0.717) is 35.6 Å². The molecule has 0 aliphatic heterocycles. The van der Waals surface area contributed by atoms with Gasteiger partial charge in [0.2, 0.25) is 11.7 Å². The minimum atomic E-state index is -0.373. The molecule has 2 aromatic carbocycles. The van der Waals surface area contributed by atoms with Gasteiger partial charge in [-0.2, -0.15) is 4.98 Å². The van der Waals surface area contributed by atoms with Gasteiger partial charge in [0.15, 0.2) is 0 Å². The van der Waals surface area contributed by atoms with Gasteiger partial charge in [-0.15, -0.1) is 0 Å². The van der Waals surface area contributed by atoms with Crippen LogP contribution in [0, 0.1) is 0 Å². The Labute approximate surface area is 167 Å². The topological polar surface area (TPSA) is 82.9 Å². The van der Waals surface area contributed by atoms with Gasteiger partial charge in [-0.1, -0.05) is 55.4 Å². The second kappa shape index (κ2) is 7.87. The van der Waals surface area contributed by atoms with E-state index in [1.165, 1.54) is 14.7 Å². The van der Waals surface area contributed by atoms with Gasteiger partial charge in [-0.25, -0.2) is 4.79 Å². The molecular weight excluding hydrogens is 368 g/mol. The highest BCUT2D eigenvalue weighted by molar-refractivity contribution is 5.77. The molecule has 0 aliphatic carbocycles. The number of rotatable bonds is 6. The maximum atomic E-state index is 13.0. The zero-order chi connectivity index (χ0) is 20.4. The third kappa shape index (κ3) is 3.51. The summed E-state index contributed by atoms with van der Waals surface area (Å²) in [5, 5.41) is 4.55. The maximum absolute atomic E-state index is 13.0. The van der Waals surface area contributed by atoms with Gasteiger partial charge in [0.05, 0.1) is 10.9 Å². The summed E-state index contributed by atoms with van der Waals surface area (Å²) in [6, 6.07) is 15.1. The number of para-hydroxylation sites is 1. The lowest BCUT2D eigenvalue weighted by Gasteiger charge is -2.12. The first-order valence-corrected chi connectivity index (χ1v) is 9.76. The van der Waals surface area contributed by atoms with Crippen molar-refractivity contribution in [2.24, 2.45) is 0 Å². The summed E-state index contributed by atoms with van der Waals surface area (Å²) >= 11 is 0. The highest BCUT2D eigenvalue weighted by Gasteiger charge is 2.16.